The van der Waals surface area contributed by atoms with E-state index in [0.29, 0.717) is 19.3 Å². The molecule has 2 N–H and O–H groups in total. The van der Waals surface area contributed by atoms with Gasteiger partial charge >= 0.3 is 11.9 Å². The van der Waals surface area contributed by atoms with Gasteiger partial charge in [0, 0.05) is 0 Å². The Bertz CT molecular complexity index is 796. The van der Waals surface area contributed by atoms with E-state index in [0.717, 1.165) is 0 Å². The molecule has 0 spiro atoms. The van der Waals surface area contributed by atoms with Gasteiger partial charge in [-0.05, 0) is 43.5 Å². The van der Waals surface area contributed by atoms with Crippen LogP contribution in [0.4, 0.5) is 0 Å². The molecule has 6 nitrogen and oxygen atoms in total. The van der Waals surface area contributed by atoms with E-state index in [1.54, 1.807) is 0 Å². The number of benzene rings is 2. The number of aromatic hydroxyl groups is 2. The zero-order chi connectivity index (χ0) is 21.6. The Balaban J connectivity index is 1.67. The summed E-state index contributed by atoms with van der Waals surface area (Å²) in [5.41, 5.74) is 0.274. The van der Waals surface area contributed by atoms with Gasteiger partial charge in [0.2, 0.25) is 0 Å². The highest BCUT2D eigenvalue weighted by atomic mass is 35.5. The van der Waals surface area contributed by atoms with E-state index in [9.17, 15) is 19.8 Å². The van der Waals surface area contributed by atoms with Crippen LogP contribution in [-0.4, -0.2) is 35.4 Å². The number of unbranched alkanes of at least 4 members (excludes halogenated alkanes) is 2. The van der Waals surface area contributed by atoms with Crippen molar-refractivity contribution in [1.29, 1.82) is 0 Å². The molecule has 0 heterocycles. The predicted molar refractivity (Wildman–Crippen MR) is 111 cm³/mol. The maximum absolute atomic E-state index is 11.9. The van der Waals surface area contributed by atoms with Crippen LogP contribution in [0.3, 0.4) is 0 Å². The summed E-state index contributed by atoms with van der Waals surface area (Å²) in [5, 5.41) is 18.8. The highest BCUT2D eigenvalue weighted by Gasteiger charge is 2.14. The largest absolute Gasteiger partial charge is 0.505 e. The molecule has 0 unspecified atom stereocenters. The molecule has 0 amide bonds. The van der Waals surface area contributed by atoms with Gasteiger partial charge in [-0.15, -0.1) is 0 Å². The molecule has 0 aliphatic carbocycles. The Morgan fingerprint density at radius 1 is 0.655 bits per heavy atom. The maximum atomic E-state index is 11.9. The molecule has 2 aromatic rings. The van der Waals surface area contributed by atoms with Gasteiger partial charge in [0.15, 0.2) is 11.5 Å². The number of carbonyl (C=O) groups is 2. The van der Waals surface area contributed by atoms with Gasteiger partial charge in [-0.25, -0.2) is 9.59 Å². The fraction of sp³-hybridized carbons (Fsp3) is 0.263. The fourth-order valence-electron chi connectivity index (χ4n) is 2.24. The molecule has 0 fully saturated rings. The third kappa shape index (κ3) is 6.57. The van der Waals surface area contributed by atoms with Crippen LogP contribution in [0.1, 0.15) is 40.0 Å². The number of hydrogen-bond acceptors (Lipinski definition) is 6. The summed E-state index contributed by atoms with van der Waals surface area (Å²) < 4.78 is 10.2. The third-order valence-corrected chi connectivity index (χ3v) is 4.91. The molecule has 2 aromatic carbocycles. The molecule has 29 heavy (non-hydrogen) atoms. The smallest absolute Gasteiger partial charge is 0.338 e. The van der Waals surface area contributed by atoms with Crippen LogP contribution in [0.2, 0.25) is 20.1 Å². The molecule has 156 valence electrons. The van der Waals surface area contributed by atoms with Gasteiger partial charge < -0.3 is 19.7 Å². The van der Waals surface area contributed by atoms with Crippen molar-refractivity contribution in [1.82, 2.24) is 0 Å². The summed E-state index contributed by atoms with van der Waals surface area (Å²) in [5.74, 6) is -1.81. The third-order valence-electron chi connectivity index (χ3n) is 3.76. The lowest BCUT2D eigenvalue weighted by atomic mass is 10.2. The first-order valence-electron chi connectivity index (χ1n) is 8.41. The number of ether oxygens (including phenoxy) is 2. The van der Waals surface area contributed by atoms with Gasteiger partial charge in [-0.3, -0.25) is 0 Å². The number of esters is 2. The molecule has 0 atom stereocenters. The minimum absolute atomic E-state index is 0.0394. The van der Waals surface area contributed by atoms with Crippen molar-refractivity contribution in [3.8, 4) is 11.5 Å². The van der Waals surface area contributed by atoms with Crippen molar-refractivity contribution in [2.75, 3.05) is 13.2 Å². The molecule has 0 radical (unpaired) electrons. The number of rotatable bonds is 8. The van der Waals surface area contributed by atoms with E-state index in [1.165, 1.54) is 24.3 Å². The Kier molecular flexibility index (Phi) is 8.71. The molecule has 2 rings (SSSR count). The normalized spacial score (nSPS) is 10.6. The highest BCUT2D eigenvalue weighted by Crippen LogP contribution is 2.33. The topological polar surface area (TPSA) is 93.1 Å². The van der Waals surface area contributed by atoms with E-state index in [1.807, 2.05) is 0 Å². The zero-order valence-electron chi connectivity index (χ0n) is 14.9. The van der Waals surface area contributed by atoms with Crippen molar-refractivity contribution >= 4 is 58.3 Å². The summed E-state index contributed by atoms with van der Waals surface area (Å²) >= 11 is 23.1. The van der Waals surface area contributed by atoms with Crippen LogP contribution >= 0.6 is 46.4 Å². The van der Waals surface area contributed by atoms with Crippen LogP contribution < -0.4 is 0 Å². The van der Waals surface area contributed by atoms with Crippen LogP contribution in [0, 0.1) is 0 Å². The predicted octanol–water partition coefficient (Wildman–Crippen LogP) is 5.90. The summed E-state index contributed by atoms with van der Waals surface area (Å²) in [6, 6.07) is 5.08. The van der Waals surface area contributed by atoms with Crippen molar-refractivity contribution < 1.29 is 29.3 Å². The van der Waals surface area contributed by atoms with Crippen LogP contribution in [0.25, 0.3) is 0 Å². The van der Waals surface area contributed by atoms with Crippen molar-refractivity contribution in [2.24, 2.45) is 0 Å². The monoisotopic (exact) mass is 480 g/mol. The summed E-state index contributed by atoms with van der Waals surface area (Å²) in [6.07, 6.45) is 1.76. The lowest BCUT2D eigenvalue weighted by Crippen LogP contribution is -2.08. The fourth-order valence-corrected chi connectivity index (χ4v) is 3.22. The molecule has 0 aliphatic heterocycles. The summed E-state index contributed by atoms with van der Waals surface area (Å²) in [6.45, 7) is 0.318. The Hall–Kier alpha value is -1.86. The zero-order valence-corrected chi connectivity index (χ0v) is 17.9. The number of hydrogen-bond donors (Lipinski definition) is 2. The van der Waals surface area contributed by atoms with Crippen LogP contribution in [0.15, 0.2) is 24.3 Å². The molecule has 10 heteroatoms. The van der Waals surface area contributed by atoms with Gasteiger partial charge in [0.05, 0.1) is 44.4 Å². The van der Waals surface area contributed by atoms with E-state index in [2.05, 4.69) is 0 Å². The SMILES string of the molecule is O=C(OCCCCCOC(=O)c1cc(Cl)c(O)c(Cl)c1)c1cc(Cl)c(O)c(Cl)c1. The van der Waals surface area contributed by atoms with Crippen LogP contribution in [0.5, 0.6) is 11.5 Å². The number of halogens is 4. The Morgan fingerprint density at radius 2 is 0.966 bits per heavy atom. The highest BCUT2D eigenvalue weighted by molar-refractivity contribution is 6.38. The molecule has 0 aromatic heterocycles. The summed E-state index contributed by atoms with van der Waals surface area (Å²) in [4.78, 5) is 23.9. The van der Waals surface area contributed by atoms with Crippen molar-refractivity contribution in [2.45, 2.75) is 19.3 Å². The van der Waals surface area contributed by atoms with Gasteiger partial charge in [-0.2, -0.15) is 0 Å². The van der Waals surface area contributed by atoms with Gasteiger partial charge in [-0.1, -0.05) is 46.4 Å². The second-order valence-corrected chi connectivity index (χ2v) is 7.54. The lowest BCUT2D eigenvalue weighted by Gasteiger charge is -2.08. The number of phenolic OH excluding ortho intramolecular Hbond substituents is 2. The Labute approximate surface area is 186 Å². The molecular weight excluding hydrogens is 466 g/mol. The molecule has 0 saturated heterocycles. The first kappa shape index (κ1) is 23.4. The maximum Gasteiger partial charge on any atom is 0.338 e. The van der Waals surface area contributed by atoms with Crippen molar-refractivity contribution in [3.05, 3.63) is 55.5 Å². The van der Waals surface area contributed by atoms with E-state index in [4.69, 9.17) is 55.9 Å². The number of phenols is 2. The molecule has 0 bridgehead atoms. The first-order chi connectivity index (χ1) is 13.7. The lowest BCUT2D eigenvalue weighted by molar-refractivity contribution is 0.0478. The number of carbonyl (C=O) groups excluding carboxylic acids is 2. The quantitative estimate of drug-likeness (QED) is 0.360. The average Bonchev–Trinajstić information content (AvgIpc) is 2.68. The first-order valence-corrected chi connectivity index (χ1v) is 9.92. The Morgan fingerprint density at radius 3 is 1.28 bits per heavy atom. The second-order valence-electron chi connectivity index (χ2n) is 5.91. The second kappa shape index (κ2) is 10.8. The van der Waals surface area contributed by atoms with Crippen LogP contribution in [-0.2, 0) is 9.47 Å². The minimum atomic E-state index is -0.610. The van der Waals surface area contributed by atoms with Gasteiger partial charge in [0.25, 0.3) is 0 Å². The molecular formula is C19H16Cl4O6. The van der Waals surface area contributed by atoms with E-state index >= 15 is 0 Å². The molecule has 0 saturated carbocycles. The van der Waals surface area contributed by atoms with Crippen molar-refractivity contribution in [3.63, 3.8) is 0 Å². The summed E-state index contributed by atoms with van der Waals surface area (Å²) in [7, 11) is 0. The van der Waals surface area contributed by atoms with E-state index < -0.39 is 11.9 Å². The molecule has 0 aliphatic rings. The van der Waals surface area contributed by atoms with Gasteiger partial charge in [0.1, 0.15) is 0 Å². The standard InChI is InChI=1S/C19H16Cl4O6/c20-12-6-10(7-13(21)16(12)24)18(26)28-4-2-1-3-5-29-19(27)11-8-14(22)17(25)15(23)9-11/h6-9,24-25H,1-5H2. The average molecular weight is 482 g/mol. The van der Waals surface area contributed by atoms with E-state index in [-0.39, 0.29) is 55.9 Å². The minimum Gasteiger partial charge on any atom is -0.505 e.